The van der Waals surface area contributed by atoms with Crippen molar-refractivity contribution in [2.45, 2.75) is 5.41 Å². The number of hydrogen-bond donors (Lipinski definition) is 0. The molecule has 0 saturated carbocycles. The molecule has 2 aliphatic carbocycles. The third-order valence-electron chi connectivity index (χ3n) is 7.61. The molecule has 160 valence electrons. The molecule has 1 heterocycles. The predicted octanol–water partition coefficient (Wildman–Crippen LogP) is 9.45. The van der Waals surface area contributed by atoms with Crippen LogP contribution in [0, 0.1) is 0 Å². The molecule has 8 rings (SSSR count). The van der Waals surface area contributed by atoms with E-state index in [4.69, 9.17) is 4.42 Å². The van der Waals surface area contributed by atoms with Crippen molar-refractivity contribution in [3.63, 3.8) is 0 Å². The molecule has 0 saturated heterocycles. The van der Waals surface area contributed by atoms with Crippen molar-refractivity contribution >= 4 is 53.8 Å². The Bertz CT molecular complexity index is 1800. The van der Waals surface area contributed by atoms with Gasteiger partial charge in [-0.15, -0.1) is 0 Å². The first-order valence-electron chi connectivity index (χ1n) is 11.3. The average Bonchev–Trinajstić information content (AvgIpc) is 3.48. The van der Waals surface area contributed by atoms with Crippen LogP contribution in [0.3, 0.4) is 0 Å². The van der Waals surface area contributed by atoms with E-state index in [1.54, 1.807) is 0 Å². The van der Waals surface area contributed by atoms with Crippen LogP contribution in [-0.4, -0.2) is 0 Å². The second kappa shape index (κ2) is 6.50. The van der Waals surface area contributed by atoms with Crippen molar-refractivity contribution in [3.8, 4) is 22.3 Å². The summed E-state index contributed by atoms with van der Waals surface area (Å²) in [6.07, 6.45) is 0. The minimum Gasteiger partial charge on any atom is -0.455 e. The molecule has 3 heteroatoms. The molecule has 0 amide bonds. The van der Waals surface area contributed by atoms with Gasteiger partial charge in [0, 0.05) is 25.3 Å². The lowest BCUT2D eigenvalue weighted by Crippen LogP contribution is -2.25. The molecule has 34 heavy (non-hydrogen) atoms. The van der Waals surface area contributed by atoms with Gasteiger partial charge in [0.1, 0.15) is 11.2 Å². The molecular formula is C31H16Br2O. The Balaban J connectivity index is 1.65. The van der Waals surface area contributed by atoms with Crippen molar-refractivity contribution in [2.75, 3.05) is 0 Å². The zero-order valence-corrected chi connectivity index (χ0v) is 21.1. The monoisotopic (exact) mass is 562 g/mol. The van der Waals surface area contributed by atoms with E-state index < -0.39 is 5.41 Å². The van der Waals surface area contributed by atoms with Crippen LogP contribution in [0.25, 0.3) is 44.2 Å². The first-order valence-corrected chi connectivity index (χ1v) is 12.9. The normalized spacial score (nSPS) is 14.4. The molecule has 0 N–H and O–H groups in total. The number of halogens is 2. The number of fused-ring (bicyclic) bond motifs is 14. The summed E-state index contributed by atoms with van der Waals surface area (Å²) in [6, 6.07) is 35.1. The first kappa shape index (κ1) is 19.2. The maximum atomic E-state index is 6.60. The van der Waals surface area contributed by atoms with Crippen LogP contribution >= 0.6 is 31.9 Å². The minimum atomic E-state index is -0.392. The first-order chi connectivity index (χ1) is 16.7. The van der Waals surface area contributed by atoms with Crippen LogP contribution in [0.15, 0.2) is 110 Å². The molecule has 0 fully saturated rings. The fraction of sp³-hybridized carbons (Fsp3) is 0.0323. The lowest BCUT2D eigenvalue weighted by atomic mass is 9.70. The number of rotatable bonds is 0. The summed E-state index contributed by atoms with van der Waals surface area (Å²) in [7, 11) is 0. The van der Waals surface area contributed by atoms with Crippen molar-refractivity contribution in [1.82, 2.24) is 0 Å². The van der Waals surface area contributed by atoms with E-state index in [1.807, 2.05) is 6.07 Å². The van der Waals surface area contributed by atoms with E-state index in [0.29, 0.717) is 0 Å². The smallest absolute Gasteiger partial charge is 0.144 e. The van der Waals surface area contributed by atoms with Crippen LogP contribution in [-0.2, 0) is 5.41 Å². The van der Waals surface area contributed by atoms with Gasteiger partial charge in [-0.05, 0) is 63.2 Å². The number of para-hydroxylation sites is 1. The zero-order valence-electron chi connectivity index (χ0n) is 17.9. The lowest BCUT2D eigenvalue weighted by molar-refractivity contribution is 0.669. The second-order valence-electron chi connectivity index (χ2n) is 9.11. The van der Waals surface area contributed by atoms with Gasteiger partial charge >= 0.3 is 0 Å². The van der Waals surface area contributed by atoms with Crippen LogP contribution < -0.4 is 0 Å². The van der Waals surface area contributed by atoms with E-state index in [0.717, 1.165) is 30.9 Å². The van der Waals surface area contributed by atoms with E-state index in [1.165, 1.54) is 44.5 Å². The second-order valence-corrected chi connectivity index (χ2v) is 10.9. The maximum absolute atomic E-state index is 6.60. The zero-order chi connectivity index (χ0) is 22.6. The number of furan rings is 1. The molecule has 0 unspecified atom stereocenters. The van der Waals surface area contributed by atoms with Crippen LogP contribution in [0.1, 0.15) is 22.3 Å². The summed E-state index contributed by atoms with van der Waals surface area (Å²) in [6.45, 7) is 0. The van der Waals surface area contributed by atoms with Gasteiger partial charge in [-0.25, -0.2) is 0 Å². The van der Waals surface area contributed by atoms with Crippen LogP contribution in [0.2, 0.25) is 0 Å². The number of hydrogen-bond acceptors (Lipinski definition) is 1. The average molecular weight is 564 g/mol. The largest absolute Gasteiger partial charge is 0.455 e. The van der Waals surface area contributed by atoms with Crippen LogP contribution in [0.4, 0.5) is 0 Å². The molecule has 0 bridgehead atoms. The maximum Gasteiger partial charge on any atom is 0.144 e. The Morgan fingerprint density at radius 3 is 2.03 bits per heavy atom. The van der Waals surface area contributed by atoms with Crippen molar-refractivity contribution in [1.29, 1.82) is 0 Å². The van der Waals surface area contributed by atoms with Crippen molar-refractivity contribution in [3.05, 3.63) is 128 Å². The summed E-state index contributed by atoms with van der Waals surface area (Å²) >= 11 is 7.73. The summed E-state index contributed by atoms with van der Waals surface area (Å²) < 4.78 is 8.75. The summed E-state index contributed by atoms with van der Waals surface area (Å²) in [5, 5.41) is 2.28. The highest BCUT2D eigenvalue weighted by Gasteiger charge is 2.52. The van der Waals surface area contributed by atoms with Gasteiger partial charge in [0.2, 0.25) is 0 Å². The van der Waals surface area contributed by atoms with Gasteiger partial charge in [0.15, 0.2) is 0 Å². The Morgan fingerprint density at radius 2 is 1.26 bits per heavy atom. The summed E-state index contributed by atoms with van der Waals surface area (Å²) in [5.74, 6) is 0. The Kier molecular flexibility index (Phi) is 3.67. The SMILES string of the molecule is Brc1ccc2c(c1)C1(c3ccccc3-c3ccccc31)c1cc(Br)c3c(oc4ccccc43)c1-2. The highest BCUT2D eigenvalue weighted by molar-refractivity contribution is 9.11. The molecule has 1 spiro atoms. The van der Waals surface area contributed by atoms with E-state index in [2.05, 4.69) is 123 Å². The molecule has 6 aromatic rings. The molecule has 1 aromatic heterocycles. The van der Waals surface area contributed by atoms with E-state index >= 15 is 0 Å². The quantitative estimate of drug-likeness (QED) is 0.179. The van der Waals surface area contributed by atoms with Gasteiger partial charge in [-0.3, -0.25) is 0 Å². The fourth-order valence-electron chi connectivity index (χ4n) is 6.42. The fourth-order valence-corrected chi connectivity index (χ4v) is 7.40. The van der Waals surface area contributed by atoms with Gasteiger partial charge in [0.25, 0.3) is 0 Å². The highest BCUT2D eigenvalue weighted by Crippen LogP contribution is 2.64. The highest BCUT2D eigenvalue weighted by atomic mass is 79.9. The third-order valence-corrected chi connectivity index (χ3v) is 8.73. The molecule has 1 nitrogen and oxygen atoms in total. The van der Waals surface area contributed by atoms with E-state index in [9.17, 15) is 0 Å². The summed E-state index contributed by atoms with van der Waals surface area (Å²) in [5.41, 5.74) is 11.8. The minimum absolute atomic E-state index is 0.392. The third kappa shape index (κ3) is 2.12. The molecule has 0 radical (unpaired) electrons. The van der Waals surface area contributed by atoms with Gasteiger partial charge < -0.3 is 4.42 Å². The predicted molar refractivity (Wildman–Crippen MR) is 145 cm³/mol. The standard InChI is InChI=1S/C31H16Br2O/c32-17-13-14-20-24(15-17)31(22-10-4-1-7-18(22)19-8-2-5-11-23(19)31)25-16-26(33)29-21-9-3-6-12-27(21)34-30(29)28(20)25/h1-16H. The molecule has 2 aliphatic rings. The topological polar surface area (TPSA) is 13.1 Å². The number of benzene rings is 5. The Hall–Kier alpha value is -3.14. The van der Waals surface area contributed by atoms with Crippen LogP contribution in [0.5, 0.6) is 0 Å². The summed E-state index contributed by atoms with van der Waals surface area (Å²) in [4.78, 5) is 0. The molecular weight excluding hydrogens is 548 g/mol. The lowest BCUT2D eigenvalue weighted by Gasteiger charge is -2.30. The molecule has 0 aliphatic heterocycles. The van der Waals surface area contributed by atoms with Gasteiger partial charge in [-0.2, -0.15) is 0 Å². The molecule has 5 aromatic carbocycles. The molecule has 0 atom stereocenters. The Labute approximate surface area is 213 Å². The van der Waals surface area contributed by atoms with Gasteiger partial charge in [-0.1, -0.05) is 105 Å². The van der Waals surface area contributed by atoms with E-state index in [-0.39, 0.29) is 0 Å². The van der Waals surface area contributed by atoms with Crippen molar-refractivity contribution < 1.29 is 4.42 Å². The van der Waals surface area contributed by atoms with Gasteiger partial charge in [0.05, 0.1) is 5.41 Å². The Morgan fingerprint density at radius 1 is 0.588 bits per heavy atom. The van der Waals surface area contributed by atoms with Crippen molar-refractivity contribution in [2.24, 2.45) is 0 Å².